The minimum absolute atomic E-state index is 0.251. The van der Waals surface area contributed by atoms with Crippen LogP contribution in [0, 0.1) is 0 Å². The van der Waals surface area contributed by atoms with Crippen molar-refractivity contribution >= 4 is 5.95 Å². The van der Waals surface area contributed by atoms with Gasteiger partial charge in [0.05, 0.1) is 14.2 Å². The average Bonchev–Trinajstić information content (AvgIpc) is 2.54. The van der Waals surface area contributed by atoms with Crippen LogP contribution in [0.15, 0.2) is 24.3 Å². The van der Waals surface area contributed by atoms with Crippen molar-refractivity contribution in [3.8, 4) is 12.0 Å². The molecular formula is C15H18N4O2. The molecule has 1 aliphatic carbocycles. The summed E-state index contributed by atoms with van der Waals surface area (Å²) in [4.78, 5) is 12.4. The van der Waals surface area contributed by atoms with E-state index in [4.69, 9.17) is 9.47 Å². The summed E-state index contributed by atoms with van der Waals surface area (Å²) in [6.07, 6.45) is 3.08. The Hall–Kier alpha value is -2.37. The summed E-state index contributed by atoms with van der Waals surface area (Å²) in [5.41, 5.74) is 2.82. The molecule has 21 heavy (non-hydrogen) atoms. The lowest BCUT2D eigenvalue weighted by Gasteiger charge is -2.25. The monoisotopic (exact) mass is 286 g/mol. The van der Waals surface area contributed by atoms with Gasteiger partial charge in [-0.2, -0.15) is 9.97 Å². The van der Waals surface area contributed by atoms with E-state index in [9.17, 15) is 0 Å². The number of methoxy groups -OCH3 is 2. The Morgan fingerprint density at radius 1 is 1.00 bits per heavy atom. The first kappa shape index (κ1) is 13.6. The molecule has 1 aliphatic rings. The van der Waals surface area contributed by atoms with Crippen molar-refractivity contribution in [2.75, 3.05) is 19.5 Å². The molecule has 1 N–H and O–H groups in total. The fourth-order valence-corrected chi connectivity index (χ4v) is 2.59. The number of fused-ring (bicyclic) bond motifs is 1. The number of aryl methyl sites for hydroxylation is 1. The molecule has 110 valence electrons. The van der Waals surface area contributed by atoms with Gasteiger partial charge in [-0.3, -0.25) is 0 Å². The zero-order valence-corrected chi connectivity index (χ0v) is 12.2. The SMILES string of the molecule is COc1nc(NC2CCc3ccccc3C2)nc(OC)n1. The summed E-state index contributed by atoms with van der Waals surface area (Å²) in [7, 11) is 3.05. The predicted octanol–water partition coefficient (Wildman–Crippen LogP) is 1.86. The van der Waals surface area contributed by atoms with Gasteiger partial charge in [0, 0.05) is 6.04 Å². The van der Waals surface area contributed by atoms with Gasteiger partial charge in [0.25, 0.3) is 0 Å². The largest absolute Gasteiger partial charge is 0.467 e. The van der Waals surface area contributed by atoms with Gasteiger partial charge in [-0.15, -0.1) is 4.98 Å². The van der Waals surface area contributed by atoms with E-state index >= 15 is 0 Å². The van der Waals surface area contributed by atoms with Crippen LogP contribution in [0.1, 0.15) is 17.5 Å². The highest BCUT2D eigenvalue weighted by molar-refractivity contribution is 5.35. The molecule has 2 aromatic rings. The van der Waals surface area contributed by atoms with Crippen molar-refractivity contribution in [1.82, 2.24) is 15.0 Å². The van der Waals surface area contributed by atoms with Crippen molar-refractivity contribution in [1.29, 1.82) is 0 Å². The fraction of sp³-hybridized carbons (Fsp3) is 0.400. The second-order valence-corrected chi connectivity index (χ2v) is 4.99. The van der Waals surface area contributed by atoms with E-state index in [1.165, 1.54) is 25.3 Å². The Kier molecular flexibility index (Phi) is 3.85. The molecule has 0 spiro atoms. The molecule has 0 amide bonds. The van der Waals surface area contributed by atoms with Crippen molar-refractivity contribution in [3.05, 3.63) is 35.4 Å². The number of hydrogen-bond donors (Lipinski definition) is 1. The molecule has 1 atom stereocenters. The Morgan fingerprint density at radius 2 is 1.67 bits per heavy atom. The lowest BCUT2D eigenvalue weighted by atomic mass is 9.88. The van der Waals surface area contributed by atoms with Crippen molar-refractivity contribution in [2.45, 2.75) is 25.3 Å². The number of anilines is 1. The highest BCUT2D eigenvalue weighted by Gasteiger charge is 2.19. The van der Waals surface area contributed by atoms with Gasteiger partial charge in [-0.05, 0) is 30.4 Å². The molecular weight excluding hydrogens is 268 g/mol. The first-order valence-electron chi connectivity index (χ1n) is 6.96. The average molecular weight is 286 g/mol. The van der Waals surface area contributed by atoms with Crippen LogP contribution in [0.4, 0.5) is 5.95 Å². The van der Waals surface area contributed by atoms with E-state index in [-0.39, 0.29) is 12.0 Å². The quantitative estimate of drug-likeness (QED) is 0.925. The molecule has 1 heterocycles. The van der Waals surface area contributed by atoms with E-state index in [1.54, 1.807) is 0 Å². The lowest BCUT2D eigenvalue weighted by Crippen LogP contribution is -2.28. The zero-order chi connectivity index (χ0) is 14.7. The summed E-state index contributed by atoms with van der Waals surface area (Å²) >= 11 is 0. The van der Waals surface area contributed by atoms with Gasteiger partial charge in [0.1, 0.15) is 0 Å². The Labute approximate surface area is 123 Å². The summed E-state index contributed by atoms with van der Waals surface area (Å²) < 4.78 is 10.1. The number of ether oxygens (including phenoxy) is 2. The van der Waals surface area contributed by atoms with Crippen molar-refractivity contribution < 1.29 is 9.47 Å². The smallest absolute Gasteiger partial charge is 0.324 e. The molecule has 1 unspecified atom stereocenters. The summed E-state index contributed by atoms with van der Waals surface area (Å²) in [5.74, 6) is 0.489. The second kappa shape index (κ2) is 5.95. The number of rotatable bonds is 4. The third-order valence-electron chi connectivity index (χ3n) is 3.64. The number of benzene rings is 1. The van der Waals surface area contributed by atoms with Gasteiger partial charge in [0.15, 0.2) is 0 Å². The lowest BCUT2D eigenvalue weighted by molar-refractivity contribution is 0.340. The van der Waals surface area contributed by atoms with Crippen LogP contribution in [0.5, 0.6) is 12.0 Å². The Bertz CT molecular complexity index is 611. The van der Waals surface area contributed by atoms with Gasteiger partial charge >= 0.3 is 12.0 Å². The van der Waals surface area contributed by atoms with E-state index in [0.29, 0.717) is 12.0 Å². The standard InChI is InChI=1S/C15H18N4O2/c1-20-14-17-13(18-15(19-14)21-2)16-12-8-7-10-5-3-4-6-11(10)9-12/h3-6,12H,7-9H2,1-2H3,(H,16,17,18,19). The van der Waals surface area contributed by atoms with Gasteiger partial charge in [0.2, 0.25) is 5.95 Å². The van der Waals surface area contributed by atoms with Crippen molar-refractivity contribution in [3.63, 3.8) is 0 Å². The molecule has 1 aromatic carbocycles. The van der Waals surface area contributed by atoms with Gasteiger partial charge in [-0.1, -0.05) is 24.3 Å². The molecule has 0 saturated heterocycles. The van der Waals surface area contributed by atoms with Crippen LogP contribution < -0.4 is 14.8 Å². The first-order chi connectivity index (χ1) is 10.3. The van der Waals surface area contributed by atoms with E-state index in [2.05, 4.69) is 44.5 Å². The van der Waals surface area contributed by atoms with Crippen LogP contribution in [0.25, 0.3) is 0 Å². The zero-order valence-electron chi connectivity index (χ0n) is 12.2. The van der Waals surface area contributed by atoms with E-state index in [1.807, 2.05) is 0 Å². The maximum atomic E-state index is 5.06. The predicted molar refractivity (Wildman–Crippen MR) is 78.8 cm³/mol. The third-order valence-corrected chi connectivity index (χ3v) is 3.64. The topological polar surface area (TPSA) is 69.2 Å². The molecule has 6 heteroatoms. The highest BCUT2D eigenvalue weighted by atomic mass is 16.5. The summed E-state index contributed by atoms with van der Waals surface area (Å²) in [6.45, 7) is 0. The number of aromatic nitrogens is 3. The molecule has 6 nitrogen and oxygen atoms in total. The van der Waals surface area contributed by atoms with Gasteiger partial charge < -0.3 is 14.8 Å². The number of nitrogens with zero attached hydrogens (tertiary/aromatic N) is 3. The van der Waals surface area contributed by atoms with Crippen LogP contribution in [0.3, 0.4) is 0 Å². The molecule has 0 radical (unpaired) electrons. The normalized spacial score (nSPS) is 17.0. The van der Waals surface area contributed by atoms with E-state index < -0.39 is 0 Å². The molecule has 0 fully saturated rings. The molecule has 3 rings (SSSR count). The second-order valence-electron chi connectivity index (χ2n) is 4.99. The van der Waals surface area contributed by atoms with E-state index in [0.717, 1.165) is 19.3 Å². The van der Waals surface area contributed by atoms with Crippen LogP contribution in [-0.2, 0) is 12.8 Å². The Morgan fingerprint density at radius 3 is 2.33 bits per heavy atom. The summed E-state index contributed by atoms with van der Waals surface area (Å²) in [5, 5.41) is 3.35. The van der Waals surface area contributed by atoms with Crippen LogP contribution >= 0.6 is 0 Å². The minimum atomic E-state index is 0.251. The maximum absolute atomic E-state index is 5.06. The number of hydrogen-bond acceptors (Lipinski definition) is 6. The summed E-state index contributed by atoms with van der Waals surface area (Å²) in [6, 6.07) is 9.35. The first-order valence-corrected chi connectivity index (χ1v) is 6.96. The van der Waals surface area contributed by atoms with Crippen LogP contribution in [0.2, 0.25) is 0 Å². The molecule has 0 aliphatic heterocycles. The fourth-order valence-electron chi connectivity index (χ4n) is 2.59. The van der Waals surface area contributed by atoms with Crippen molar-refractivity contribution in [2.24, 2.45) is 0 Å². The highest BCUT2D eigenvalue weighted by Crippen LogP contribution is 2.23. The molecule has 0 bridgehead atoms. The molecule has 0 saturated carbocycles. The number of nitrogens with one attached hydrogen (secondary N) is 1. The Balaban J connectivity index is 1.76. The van der Waals surface area contributed by atoms with Crippen LogP contribution in [-0.4, -0.2) is 35.2 Å². The maximum Gasteiger partial charge on any atom is 0.324 e. The molecule has 1 aromatic heterocycles. The van der Waals surface area contributed by atoms with Gasteiger partial charge in [-0.25, -0.2) is 0 Å². The minimum Gasteiger partial charge on any atom is -0.467 e. The third kappa shape index (κ3) is 3.04.